The van der Waals surface area contributed by atoms with Gasteiger partial charge >= 0.3 is 5.97 Å². The quantitative estimate of drug-likeness (QED) is 0.824. The van der Waals surface area contributed by atoms with E-state index in [9.17, 15) is 9.90 Å². The van der Waals surface area contributed by atoms with Crippen molar-refractivity contribution in [3.63, 3.8) is 0 Å². The minimum absolute atomic E-state index is 0.429. The van der Waals surface area contributed by atoms with E-state index >= 15 is 0 Å². The number of rotatable bonds is 5. The maximum absolute atomic E-state index is 11.4. The van der Waals surface area contributed by atoms with Crippen molar-refractivity contribution in [3.8, 4) is 0 Å². The van der Waals surface area contributed by atoms with Gasteiger partial charge in [-0.3, -0.25) is 9.78 Å². The Bertz CT molecular complexity index is 534. The SMILES string of the molecule is O=C(O)C(Cc1ccc(Br)cc1)Cc1ccc(Br)cn1. The largest absolute Gasteiger partial charge is 0.481 e. The summed E-state index contributed by atoms with van der Waals surface area (Å²) in [5.74, 6) is -1.26. The zero-order valence-electron chi connectivity index (χ0n) is 10.6. The molecule has 104 valence electrons. The second-order valence-corrected chi connectivity index (χ2v) is 6.37. The average Bonchev–Trinajstić information content (AvgIpc) is 2.42. The van der Waals surface area contributed by atoms with Crippen LogP contribution in [-0.4, -0.2) is 16.1 Å². The molecule has 0 fully saturated rings. The van der Waals surface area contributed by atoms with Crippen LogP contribution in [0.4, 0.5) is 0 Å². The Morgan fingerprint density at radius 3 is 2.25 bits per heavy atom. The van der Waals surface area contributed by atoms with Gasteiger partial charge in [0, 0.05) is 27.3 Å². The fourth-order valence-electron chi connectivity index (χ4n) is 1.93. The van der Waals surface area contributed by atoms with Crippen molar-refractivity contribution in [2.45, 2.75) is 12.8 Å². The molecule has 1 N–H and O–H groups in total. The molecule has 0 spiro atoms. The fraction of sp³-hybridized carbons (Fsp3) is 0.200. The van der Waals surface area contributed by atoms with E-state index in [0.717, 1.165) is 20.2 Å². The predicted molar refractivity (Wildman–Crippen MR) is 84.6 cm³/mol. The van der Waals surface area contributed by atoms with Gasteiger partial charge in [-0.15, -0.1) is 0 Å². The summed E-state index contributed by atoms with van der Waals surface area (Å²) >= 11 is 6.69. The number of carbonyl (C=O) groups is 1. The number of halogens is 2. The Labute approximate surface area is 134 Å². The smallest absolute Gasteiger partial charge is 0.307 e. The number of pyridine rings is 1. The highest BCUT2D eigenvalue weighted by atomic mass is 79.9. The van der Waals surface area contributed by atoms with Gasteiger partial charge < -0.3 is 5.11 Å². The predicted octanol–water partition coefficient (Wildman–Crippen LogP) is 4.09. The highest BCUT2D eigenvalue weighted by molar-refractivity contribution is 9.10. The summed E-state index contributed by atoms with van der Waals surface area (Å²) in [4.78, 5) is 15.6. The Morgan fingerprint density at radius 2 is 1.70 bits per heavy atom. The number of hydrogen-bond acceptors (Lipinski definition) is 2. The molecule has 5 heteroatoms. The summed E-state index contributed by atoms with van der Waals surface area (Å²) in [7, 11) is 0. The lowest BCUT2D eigenvalue weighted by molar-refractivity contribution is -0.141. The number of carboxylic acid groups (broad SMARTS) is 1. The standard InChI is InChI=1S/C15H13Br2NO2/c16-12-3-1-10(2-4-12)7-11(15(19)20)8-14-6-5-13(17)9-18-14/h1-6,9,11H,7-8H2,(H,19,20). The van der Waals surface area contributed by atoms with E-state index in [0.29, 0.717) is 12.8 Å². The molecule has 1 atom stereocenters. The molecule has 0 saturated heterocycles. The fourth-order valence-corrected chi connectivity index (χ4v) is 2.43. The molecule has 1 heterocycles. The molecule has 20 heavy (non-hydrogen) atoms. The highest BCUT2D eigenvalue weighted by Gasteiger charge is 2.19. The first-order chi connectivity index (χ1) is 9.54. The van der Waals surface area contributed by atoms with Crippen molar-refractivity contribution < 1.29 is 9.90 Å². The van der Waals surface area contributed by atoms with E-state index in [-0.39, 0.29) is 0 Å². The van der Waals surface area contributed by atoms with Crippen LogP contribution in [0.5, 0.6) is 0 Å². The van der Waals surface area contributed by atoms with Crippen molar-refractivity contribution >= 4 is 37.8 Å². The van der Waals surface area contributed by atoms with E-state index in [4.69, 9.17) is 0 Å². The average molecular weight is 399 g/mol. The zero-order valence-corrected chi connectivity index (χ0v) is 13.8. The molecule has 1 aromatic heterocycles. The zero-order chi connectivity index (χ0) is 14.5. The van der Waals surface area contributed by atoms with E-state index in [2.05, 4.69) is 36.8 Å². The molecular formula is C15H13Br2NO2. The summed E-state index contributed by atoms with van der Waals surface area (Å²) in [5, 5.41) is 9.36. The van der Waals surface area contributed by atoms with Gasteiger partial charge in [-0.05, 0) is 52.2 Å². The van der Waals surface area contributed by atoms with Crippen molar-refractivity contribution in [2.75, 3.05) is 0 Å². The van der Waals surface area contributed by atoms with Crippen LogP contribution < -0.4 is 0 Å². The van der Waals surface area contributed by atoms with E-state index < -0.39 is 11.9 Å². The van der Waals surface area contributed by atoms with Crippen molar-refractivity contribution in [1.82, 2.24) is 4.98 Å². The van der Waals surface area contributed by atoms with Gasteiger partial charge in [0.25, 0.3) is 0 Å². The second-order valence-electron chi connectivity index (χ2n) is 4.54. The Hall–Kier alpha value is -1.20. The van der Waals surface area contributed by atoms with Gasteiger partial charge in [0.05, 0.1) is 5.92 Å². The number of carboxylic acids is 1. The normalized spacial score (nSPS) is 12.1. The molecular weight excluding hydrogens is 386 g/mol. The number of nitrogens with zero attached hydrogens (tertiary/aromatic N) is 1. The third kappa shape index (κ3) is 4.42. The first kappa shape index (κ1) is 15.2. The van der Waals surface area contributed by atoms with E-state index in [1.54, 1.807) is 6.20 Å². The minimum atomic E-state index is -0.794. The van der Waals surface area contributed by atoms with Crippen LogP contribution >= 0.6 is 31.9 Å². The maximum Gasteiger partial charge on any atom is 0.307 e. The van der Waals surface area contributed by atoms with Crippen LogP contribution in [0.25, 0.3) is 0 Å². The number of aliphatic carboxylic acids is 1. The number of aromatic nitrogens is 1. The molecule has 0 amide bonds. The van der Waals surface area contributed by atoms with Gasteiger partial charge in [-0.25, -0.2) is 0 Å². The van der Waals surface area contributed by atoms with Gasteiger partial charge in [-0.1, -0.05) is 28.1 Å². The summed E-state index contributed by atoms with van der Waals surface area (Å²) in [6.07, 6.45) is 2.62. The highest BCUT2D eigenvalue weighted by Crippen LogP contribution is 2.18. The van der Waals surface area contributed by atoms with Gasteiger partial charge in [0.2, 0.25) is 0 Å². The first-order valence-corrected chi connectivity index (χ1v) is 7.71. The number of benzene rings is 1. The number of hydrogen-bond donors (Lipinski definition) is 1. The van der Waals surface area contributed by atoms with Crippen molar-refractivity contribution in [2.24, 2.45) is 5.92 Å². The monoisotopic (exact) mass is 397 g/mol. The Morgan fingerprint density at radius 1 is 1.05 bits per heavy atom. The topological polar surface area (TPSA) is 50.2 Å². The van der Waals surface area contributed by atoms with Crippen LogP contribution in [0.3, 0.4) is 0 Å². The molecule has 3 nitrogen and oxygen atoms in total. The lowest BCUT2D eigenvalue weighted by Gasteiger charge is -2.12. The molecule has 2 rings (SSSR count). The molecule has 0 bridgehead atoms. The molecule has 0 radical (unpaired) electrons. The molecule has 1 aromatic carbocycles. The first-order valence-electron chi connectivity index (χ1n) is 6.12. The maximum atomic E-state index is 11.4. The second kappa shape index (κ2) is 6.99. The summed E-state index contributed by atoms with van der Waals surface area (Å²) in [6.45, 7) is 0. The molecule has 0 aliphatic rings. The molecule has 2 aromatic rings. The van der Waals surface area contributed by atoms with Crippen LogP contribution in [-0.2, 0) is 17.6 Å². The van der Waals surface area contributed by atoms with E-state index in [1.165, 1.54) is 0 Å². The van der Waals surface area contributed by atoms with Crippen molar-refractivity contribution in [3.05, 3.63) is 62.8 Å². The van der Waals surface area contributed by atoms with Gasteiger partial charge in [0.15, 0.2) is 0 Å². The molecule has 1 unspecified atom stereocenters. The minimum Gasteiger partial charge on any atom is -0.481 e. The van der Waals surface area contributed by atoms with Crippen LogP contribution in [0.2, 0.25) is 0 Å². The van der Waals surface area contributed by atoms with Crippen LogP contribution in [0.1, 0.15) is 11.3 Å². The molecule has 0 saturated carbocycles. The van der Waals surface area contributed by atoms with Gasteiger partial charge in [-0.2, -0.15) is 0 Å². The van der Waals surface area contributed by atoms with Gasteiger partial charge in [0.1, 0.15) is 0 Å². The summed E-state index contributed by atoms with van der Waals surface area (Å²) in [6, 6.07) is 11.4. The lowest BCUT2D eigenvalue weighted by atomic mass is 9.95. The third-order valence-electron chi connectivity index (χ3n) is 2.99. The Balaban J connectivity index is 2.09. The van der Waals surface area contributed by atoms with Crippen molar-refractivity contribution in [1.29, 1.82) is 0 Å². The molecule has 0 aliphatic heterocycles. The Kier molecular flexibility index (Phi) is 5.31. The van der Waals surface area contributed by atoms with E-state index in [1.807, 2.05) is 36.4 Å². The summed E-state index contributed by atoms with van der Waals surface area (Å²) < 4.78 is 1.88. The molecule has 0 aliphatic carbocycles. The summed E-state index contributed by atoms with van der Waals surface area (Å²) in [5.41, 5.74) is 1.80. The lowest BCUT2D eigenvalue weighted by Crippen LogP contribution is -2.19. The van der Waals surface area contributed by atoms with Crippen LogP contribution in [0, 0.1) is 5.92 Å². The third-order valence-corrected chi connectivity index (χ3v) is 3.99. The van der Waals surface area contributed by atoms with Crippen LogP contribution in [0.15, 0.2) is 51.5 Å².